The minimum Gasteiger partial charge on any atom is -0.497 e. The summed E-state index contributed by atoms with van der Waals surface area (Å²) in [5.41, 5.74) is 0.764. The van der Waals surface area contributed by atoms with Gasteiger partial charge in [-0.1, -0.05) is 0 Å². The summed E-state index contributed by atoms with van der Waals surface area (Å²) in [5, 5.41) is 9.20. The number of hydrogen-bond donors (Lipinski definition) is 3. The molecule has 1 amide bonds. The first kappa shape index (κ1) is 25.3. The number of nitrogens with zero attached hydrogens (tertiary/aromatic N) is 1. The maximum atomic E-state index is 12.0. The largest absolute Gasteiger partial charge is 0.497 e. The highest BCUT2D eigenvalue weighted by molar-refractivity contribution is 14.0. The first-order valence-corrected chi connectivity index (χ1v) is 9.90. The molecule has 0 spiro atoms. The summed E-state index contributed by atoms with van der Waals surface area (Å²) in [5.74, 6) is 2.09. The number of methoxy groups -OCH3 is 1. The van der Waals surface area contributed by atoms with Gasteiger partial charge >= 0.3 is 0 Å². The number of aliphatic imine (C=N–C) groups is 1. The second-order valence-corrected chi connectivity index (χ2v) is 8.08. The van der Waals surface area contributed by atoms with Gasteiger partial charge in [-0.25, -0.2) is 0 Å². The summed E-state index contributed by atoms with van der Waals surface area (Å²) in [6, 6.07) is 5.85. The molecule has 7 nitrogen and oxygen atoms in total. The highest BCUT2D eigenvalue weighted by Gasteiger charge is 2.19. The molecule has 3 N–H and O–H groups in total. The van der Waals surface area contributed by atoms with Gasteiger partial charge in [-0.05, 0) is 58.6 Å². The van der Waals surface area contributed by atoms with Crippen LogP contribution in [0.4, 0.5) is 0 Å². The second kappa shape index (κ2) is 12.1. The van der Waals surface area contributed by atoms with Crippen molar-refractivity contribution >= 4 is 35.8 Å². The molecule has 164 valence electrons. The van der Waals surface area contributed by atoms with E-state index in [0.717, 1.165) is 29.9 Å². The quantitative estimate of drug-likeness (QED) is 0.294. The number of ether oxygens (including phenoxy) is 2. The van der Waals surface area contributed by atoms with Crippen LogP contribution in [-0.2, 0) is 11.3 Å². The Balaban J connectivity index is 0.00000420. The van der Waals surface area contributed by atoms with Crippen LogP contribution in [0.15, 0.2) is 23.2 Å². The summed E-state index contributed by atoms with van der Waals surface area (Å²) in [6.45, 7) is 6.55. The van der Waals surface area contributed by atoms with Crippen LogP contribution in [0.25, 0.3) is 0 Å². The average molecular weight is 518 g/mol. The van der Waals surface area contributed by atoms with E-state index in [1.165, 1.54) is 12.8 Å². The van der Waals surface area contributed by atoms with Gasteiger partial charge in [0.25, 0.3) is 0 Å². The van der Waals surface area contributed by atoms with Gasteiger partial charge in [0, 0.05) is 30.8 Å². The van der Waals surface area contributed by atoms with Crippen molar-refractivity contribution in [3.05, 3.63) is 23.8 Å². The Bertz CT molecular complexity index is 683. The third-order valence-corrected chi connectivity index (χ3v) is 4.47. The lowest BCUT2D eigenvalue weighted by Gasteiger charge is -2.21. The summed E-state index contributed by atoms with van der Waals surface area (Å²) >= 11 is 0. The molecule has 1 aliphatic carbocycles. The molecular weight excluding hydrogens is 483 g/mol. The van der Waals surface area contributed by atoms with Crippen molar-refractivity contribution in [1.29, 1.82) is 0 Å². The molecule has 0 bridgehead atoms. The molecule has 29 heavy (non-hydrogen) atoms. The number of benzene rings is 1. The zero-order valence-electron chi connectivity index (χ0n) is 18.1. The number of halogens is 1. The van der Waals surface area contributed by atoms with Gasteiger partial charge in [-0.2, -0.15) is 0 Å². The molecule has 0 atom stereocenters. The zero-order chi connectivity index (χ0) is 20.6. The molecule has 1 fully saturated rings. The van der Waals surface area contributed by atoms with E-state index in [0.29, 0.717) is 12.5 Å². The van der Waals surface area contributed by atoms with E-state index in [-0.39, 0.29) is 48.1 Å². The number of guanidine groups is 1. The first-order valence-electron chi connectivity index (χ1n) is 9.90. The average Bonchev–Trinajstić information content (AvgIpc) is 3.14. The Labute approximate surface area is 191 Å². The van der Waals surface area contributed by atoms with E-state index in [1.54, 1.807) is 14.2 Å². The van der Waals surface area contributed by atoms with E-state index in [2.05, 4.69) is 20.9 Å². The summed E-state index contributed by atoms with van der Waals surface area (Å²) in [7, 11) is 3.34. The molecular formula is C21H35IN4O3. The van der Waals surface area contributed by atoms with Crippen LogP contribution in [0.2, 0.25) is 0 Å². The molecule has 1 aliphatic rings. The van der Waals surface area contributed by atoms with Gasteiger partial charge < -0.3 is 25.4 Å². The SMILES string of the molecule is CN=C(NCC(=O)NC(C)(C)C)NCc1ccc(OC)cc1OC1CCCC1.I. The Kier molecular flexibility index (Phi) is 10.6. The van der Waals surface area contributed by atoms with Gasteiger partial charge in [0.15, 0.2) is 5.96 Å². The molecule has 1 aromatic carbocycles. The van der Waals surface area contributed by atoms with Crippen molar-refractivity contribution in [3.63, 3.8) is 0 Å². The molecule has 0 unspecified atom stereocenters. The lowest BCUT2D eigenvalue weighted by atomic mass is 10.1. The van der Waals surface area contributed by atoms with Crippen LogP contribution in [0.3, 0.4) is 0 Å². The minimum atomic E-state index is -0.259. The van der Waals surface area contributed by atoms with Gasteiger partial charge in [-0.15, -0.1) is 24.0 Å². The molecule has 1 aromatic rings. The maximum absolute atomic E-state index is 12.0. The molecule has 0 saturated heterocycles. The van der Waals surface area contributed by atoms with Crippen LogP contribution in [0.5, 0.6) is 11.5 Å². The number of amides is 1. The van der Waals surface area contributed by atoms with Gasteiger partial charge in [0.1, 0.15) is 11.5 Å². The fourth-order valence-electron chi connectivity index (χ4n) is 3.13. The molecule has 0 heterocycles. The molecule has 2 rings (SSSR count). The van der Waals surface area contributed by atoms with Crippen LogP contribution in [0.1, 0.15) is 52.0 Å². The normalized spacial score (nSPS) is 14.7. The van der Waals surface area contributed by atoms with Gasteiger partial charge in [-0.3, -0.25) is 9.79 Å². The van der Waals surface area contributed by atoms with E-state index >= 15 is 0 Å². The fourth-order valence-corrected chi connectivity index (χ4v) is 3.13. The van der Waals surface area contributed by atoms with Gasteiger partial charge in [0.05, 0.1) is 19.8 Å². The number of nitrogens with one attached hydrogen (secondary N) is 3. The Hall–Kier alpha value is -1.71. The smallest absolute Gasteiger partial charge is 0.239 e. The number of carbonyl (C=O) groups is 1. The monoisotopic (exact) mass is 518 g/mol. The Morgan fingerprint density at radius 1 is 1.21 bits per heavy atom. The fraction of sp³-hybridized carbons (Fsp3) is 0.619. The minimum absolute atomic E-state index is 0. The highest BCUT2D eigenvalue weighted by Crippen LogP contribution is 2.29. The van der Waals surface area contributed by atoms with Crippen molar-refractivity contribution in [2.75, 3.05) is 20.7 Å². The molecule has 0 aromatic heterocycles. The molecule has 0 radical (unpaired) electrons. The Morgan fingerprint density at radius 2 is 1.90 bits per heavy atom. The molecule has 1 saturated carbocycles. The van der Waals surface area contributed by atoms with Crippen molar-refractivity contribution in [1.82, 2.24) is 16.0 Å². The van der Waals surface area contributed by atoms with Crippen molar-refractivity contribution in [2.24, 2.45) is 4.99 Å². The van der Waals surface area contributed by atoms with Crippen molar-refractivity contribution in [2.45, 2.75) is 64.6 Å². The van der Waals surface area contributed by atoms with Crippen molar-refractivity contribution in [3.8, 4) is 11.5 Å². The summed E-state index contributed by atoms with van der Waals surface area (Å²) < 4.78 is 11.6. The third kappa shape index (κ3) is 9.10. The van der Waals surface area contributed by atoms with Crippen LogP contribution in [0, 0.1) is 0 Å². The topological polar surface area (TPSA) is 84.0 Å². The zero-order valence-corrected chi connectivity index (χ0v) is 20.5. The number of rotatable bonds is 7. The lowest BCUT2D eigenvalue weighted by Crippen LogP contribution is -2.48. The summed E-state index contributed by atoms with van der Waals surface area (Å²) in [4.78, 5) is 16.2. The third-order valence-electron chi connectivity index (χ3n) is 4.47. The van der Waals surface area contributed by atoms with Crippen LogP contribution < -0.4 is 25.4 Å². The lowest BCUT2D eigenvalue weighted by molar-refractivity contribution is -0.121. The van der Waals surface area contributed by atoms with Crippen LogP contribution in [-0.4, -0.2) is 44.2 Å². The first-order chi connectivity index (χ1) is 13.3. The van der Waals surface area contributed by atoms with E-state index in [1.807, 2.05) is 39.0 Å². The predicted octanol–water partition coefficient (Wildman–Crippen LogP) is 3.21. The van der Waals surface area contributed by atoms with Gasteiger partial charge in [0.2, 0.25) is 5.91 Å². The van der Waals surface area contributed by atoms with Crippen LogP contribution >= 0.6 is 24.0 Å². The van der Waals surface area contributed by atoms with E-state index < -0.39 is 0 Å². The second-order valence-electron chi connectivity index (χ2n) is 8.08. The highest BCUT2D eigenvalue weighted by atomic mass is 127. The molecule has 0 aliphatic heterocycles. The van der Waals surface area contributed by atoms with Crippen molar-refractivity contribution < 1.29 is 14.3 Å². The number of hydrogen-bond acceptors (Lipinski definition) is 4. The molecule has 8 heteroatoms. The number of carbonyl (C=O) groups excluding carboxylic acids is 1. The predicted molar refractivity (Wildman–Crippen MR) is 127 cm³/mol. The van der Waals surface area contributed by atoms with E-state index in [4.69, 9.17) is 9.47 Å². The van der Waals surface area contributed by atoms with E-state index in [9.17, 15) is 4.79 Å². The maximum Gasteiger partial charge on any atom is 0.239 e. The Morgan fingerprint density at radius 3 is 2.48 bits per heavy atom. The standard InChI is InChI=1S/C21H34N4O3.HI/c1-21(2,3)25-19(26)14-24-20(22-4)23-13-15-10-11-17(27-5)12-18(15)28-16-8-6-7-9-16;/h10-12,16H,6-9,13-14H2,1-5H3,(H,25,26)(H2,22,23,24);1H. The summed E-state index contributed by atoms with van der Waals surface area (Å²) in [6.07, 6.45) is 4.89.